The molecule has 0 unspecified atom stereocenters. The van der Waals surface area contributed by atoms with Gasteiger partial charge in [-0.25, -0.2) is 0 Å². The number of benzene rings is 2. The molecule has 1 aromatic heterocycles. The van der Waals surface area contributed by atoms with Crippen LogP contribution in [0.25, 0.3) is 10.9 Å². The van der Waals surface area contributed by atoms with E-state index in [1.807, 2.05) is 36.4 Å². The Morgan fingerprint density at radius 2 is 1.85 bits per heavy atom. The van der Waals surface area contributed by atoms with Crippen LogP contribution in [0.1, 0.15) is 5.69 Å². The number of rotatable bonds is 4. The molecule has 3 rings (SSSR count). The molecule has 1 heterocycles. The van der Waals surface area contributed by atoms with Crippen molar-refractivity contribution in [2.45, 2.75) is 6.61 Å². The van der Waals surface area contributed by atoms with E-state index in [0.717, 1.165) is 16.6 Å². The zero-order valence-corrected chi connectivity index (χ0v) is 11.1. The smallest absolute Gasteiger partial charge is 0.161 e. The van der Waals surface area contributed by atoms with Crippen molar-refractivity contribution < 1.29 is 14.6 Å². The highest BCUT2D eigenvalue weighted by molar-refractivity contribution is 5.81. The second-order valence-corrected chi connectivity index (χ2v) is 4.51. The SMILES string of the molecule is COc1ccccc1OCc1cc2ccc(O)cc2[nH]1. The zero-order chi connectivity index (χ0) is 13.9. The van der Waals surface area contributed by atoms with Crippen LogP contribution in [0.2, 0.25) is 0 Å². The molecule has 2 aromatic carbocycles. The number of nitrogens with one attached hydrogen (secondary N) is 1. The number of aromatic nitrogens is 1. The molecule has 4 nitrogen and oxygen atoms in total. The van der Waals surface area contributed by atoms with Gasteiger partial charge in [-0.15, -0.1) is 0 Å². The minimum absolute atomic E-state index is 0.247. The number of fused-ring (bicyclic) bond motifs is 1. The quantitative estimate of drug-likeness (QED) is 0.762. The predicted octanol–water partition coefficient (Wildman–Crippen LogP) is 3.46. The number of H-pyrrole nitrogens is 1. The van der Waals surface area contributed by atoms with Crippen molar-refractivity contribution >= 4 is 10.9 Å². The first kappa shape index (κ1) is 12.4. The third kappa shape index (κ3) is 2.40. The lowest BCUT2D eigenvalue weighted by Gasteiger charge is -2.09. The van der Waals surface area contributed by atoms with Gasteiger partial charge in [0, 0.05) is 17.0 Å². The van der Waals surface area contributed by atoms with E-state index in [1.54, 1.807) is 19.2 Å². The van der Waals surface area contributed by atoms with Crippen LogP contribution in [0.3, 0.4) is 0 Å². The number of aromatic amines is 1. The van der Waals surface area contributed by atoms with E-state index in [0.29, 0.717) is 18.1 Å². The van der Waals surface area contributed by atoms with Gasteiger partial charge < -0.3 is 19.6 Å². The molecule has 0 spiro atoms. The van der Waals surface area contributed by atoms with Gasteiger partial charge in [0.25, 0.3) is 0 Å². The molecule has 0 amide bonds. The third-order valence-electron chi connectivity index (χ3n) is 3.11. The first-order valence-corrected chi connectivity index (χ1v) is 6.33. The van der Waals surface area contributed by atoms with E-state index in [-0.39, 0.29) is 5.75 Å². The van der Waals surface area contributed by atoms with Crippen molar-refractivity contribution in [3.05, 3.63) is 54.2 Å². The molecule has 0 aliphatic rings. The molecule has 0 atom stereocenters. The van der Waals surface area contributed by atoms with E-state index < -0.39 is 0 Å². The Morgan fingerprint density at radius 3 is 2.65 bits per heavy atom. The Hall–Kier alpha value is -2.62. The van der Waals surface area contributed by atoms with E-state index in [1.165, 1.54) is 0 Å². The second-order valence-electron chi connectivity index (χ2n) is 4.51. The van der Waals surface area contributed by atoms with Crippen molar-refractivity contribution in [3.8, 4) is 17.2 Å². The molecule has 102 valence electrons. The first-order chi connectivity index (χ1) is 9.76. The molecular weight excluding hydrogens is 254 g/mol. The highest BCUT2D eigenvalue weighted by Crippen LogP contribution is 2.27. The van der Waals surface area contributed by atoms with Crippen LogP contribution in [0.4, 0.5) is 0 Å². The number of methoxy groups -OCH3 is 1. The van der Waals surface area contributed by atoms with Crippen molar-refractivity contribution in [2.75, 3.05) is 7.11 Å². The Labute approximate surface area is 116 Å². The van der Waals surface area contributed by atoms with Crippen LogP contribution < -0.4 is 9.47 Å². The van der Waals surface area contributed by atoms with E-state index in [2.05, 4.69) is 4.98 Å². The van der Waals surface area contributed by atoms with Crippen LogP contribution in [0.5, 0.6) is 17.2 Å². The van der Waals surface area contributed by atoms with Gasteiger partial charge in [0.1, 0.15) is 12.4 Å². The summed E-state index contributed by atoms with van der Waals surface area (Å²) in [5.41, 5.74) is 1.83. The summed E-state index contributed by atoms with van der Waals surface area (Å²) in [6, 6.07) is 14.8. The summed E-state index contributed by atoms with van der Waals surface area (Å²) >= 11 is 0. The molecule has 4 heteroatoms. The molecular formula is C16H15NO3. The molecule has 20 heavy (non-hydrogen) atoms. The highest BCUT2D eigenvalue weighted by atomic mass is 16.5. The van der Waals surface area contributed by atoms with Gasteiger partial charge >= 0.3 is 0 Å². The van der Waals surface area contributed by atoms with Gasteiger partial charge in [-0.2, -0.15) is 0 Å². The second kappa shape index (κ2) is 5.17. The standard InChI is InChI=1S/C16H15NO3/c1-19-15-4-2-3-5-16(15)20-10-12-8-11-6-7-13(18)9-14(11)17-12/h2-9,17-18H,10H2,1H3. The number of ether oxygens (including phenoxy) is 2. The Bertz CT molecular complexity index is 733. The summed E-state index contributed by atoms with van der Waals surface area (Å²) in [5, 5.41) is 10.5. The van der Waals surface area contributed by atoms with Gasteiger partial charge in [-0.05, 0) is 30.3 Å². The van der Waals surface area contributed by atoms with E-state index in [4.69, 9.17) is 9.47 Å². The molecule has 0 aliphatic heterocycles. The maximum Gasteiger partial charge on any atom is 0.161 e. The van der Waals surface area contributed by atoms with Gasteiger partial charge in [0.05, 0.1) is 12.8 Å². The molecule has 0 saturated carbocycles. The first-order valence-electron chi connectivity index (χ1n) is 6.33. The van der Waals surface area contributed by atoms with Gasteiger partial charge in [-0.1, -0.05) is 12.1 Å². The summed E-state index contributed by atoms with van der Waals surface area (Å²) in [6.45, 7) is 0.413. The van der Waals surface area contributed by atoms with Crippen LogP contribution in [-0.2, 0) is 6.61 Å². The maximum absolute atomic E-state index is 9.45. The van der Waals surface area contributed by atoms with Crippen LogP contribution >= 0.6 is 0 Å². The minimum atomic E-state index is 0.247. The number of aromatic hydroxyl groups is 1. The fourth-order valence-corrected chi connectivity index (χ4v) is 2.15. The van der Waals surface area contributed by atoms with Gasteiger partial charge in [0.2, 0.25) is 0 Å². The number of hydrogen-bond acceptors (Lipinski definition) is 3. The molecule has 0 aliphatic carbocycles. The van der Waals surface area contributed by atoms with Crippen molar-refractivity contribution in [1.82, 2.24) is 4.98 Å². The number of hydrogen-bond donors (Lipinski definition) is 2. The lowest BCUT2D eigenvalue weighted by molar-refractivity contribution is 0.281. The number of phenols is 1. The highest BCUT2D eigenvalue weighted by Gasteiger charge is 2.05. The average Bonchev–Trinajstić information content (AvgIpc) is 2.87. The number of phenolic OH excluding ortho intramolecular Hbond substituents is 1. The third-order valence-corrected chi connectivity index (χ3v) is 3.11. The molecule has 3 aromatic rings. The van der Waals surface area contributed by atoms with Crippen molar-refractivity contribution in [3.63, 3.8) is 0 Å². The fraction of sp³-hybridized carbons (Fsp3) is 0.125. The normalized spacial score (nSPS) is 10.7. The monoisotopic (exact) mass is 269 g/mol. The maximum atomic E-state index is 9.45. The van der Waals surface area contributed by atoms with Crippen LogP contribution in [0.15, 0.2) is 48.5 Å². The Kier molecular flexibility index (Phi) is 3.21. The Balaban J connectivity index is 1.79. The summed E-state index contributed by atoms with van der Waals surface area (Å²) in [4.78, 5) is 3.22. The lowest BCUT2D eigenvalue weighted by Crippen LogP contribution is -1.97. The fourth-order valence-electron chi connectivity index (χ4n) is 2.15. The predicted molar refractivity (Wildman–Crippen MR) is 77.3 cm³/mol. The topological polar surface area (TPSA) is 54.5 Å². The summed E-state index contributed by atoms with van der Waals surface area (Å²) in [5.74, 6) is 1.66. The minimum Gasteiger partial charge on any atom is -0.508 e. The van der Waals surface area contributed by atoms with Crippen molar-refractivity contribution in [2.24, 2.45) is 0 Å². The molecule has 0 fully saturated rings. The summed E-state index contributed by atoms with van der Waals surface area (Å²) in [6.07, 6.45) is 0. The summed E-state index contributed by atoms with van der Waals surface area (Å²) in [7, 11) is 1.62. The van der Waals surface area contributed by atoms with Gasteiger partial charge in [0.15, 0.2) is 11.5 Å². The van der Waals surface area contributed by atoms with Crippen LogP contribution in [-0.4, -0.2) is 17.2 Å². The van der Waals surface area contributed by atoms with Gasteiger partial charge in [-0.3, -0.25) is 0 Å². The summed E-state index contributed by atoms with van der Waals surface area (Å²) < 4.78 is 11.0. The van der Waals surface area contributed by atoms with Crippen molar-refractivity contribution in [1.29, 1.82) is 0 Å². The Morgan fingerprint density at radius 1 is 1.05 bits per heavy atom. The molecule has 0 saturated heterocycles. The van der Waals surface area contributed by atoms with E-state index >= 15 is 0 Å². The molecule has 0 bridgehead atoms. The lowest BCUT2D eigenvalue weighted by atomic mass is 10.2. The largest absolute Gasteiger partial charge is 0.508 e. The molecule has 0 radical (unpaired) electrons. The average molecular weight is 269 g/mol. The number of para-hydroxylation sites is 2. The zero-order valence-electron chi connectivity index (χ0n) is 11.1. The van der Waals surface area contributed by atoms with E-state index in [9.17, 15) is 5.11 Å². The van der Waals surface area contributed by atoms with Crippen LogP contribution in [0, 0.1) is 0 Å². The molecule has 2 N–H and O–H groups in total.